The van der Waals surface area contributed by atoms with E-state index in [0.29, 0.717) is 0 Å². The zero-order valence-corrected chi connectivity index (χ0v) is 14.2. The lowest BCUT2D eigenvalue weighted by Crippen LogP contribution is -2.26. The lowest BCUT2D eigenvalue weighted by Gasteiger charge is -2.03. The summed E-state index contributed by atoms with van der Waals surface area (Å²) >= 11 is 3.14. The van der Waals surface area contributed by atoms with Gasteiger partial charge in [0.2, 0.25) is 0 Å². The number of aromatic nitrogens is 1. The number of hydrogen-bond acceptors (Lipinski definition) is 6. The molecule has 3 aromatic rings. The van der Waals surface area contributed by atoms with Crippen molar-refractivity contribution in [3.05, 3.63) is 46.7 Å². The van der Waals surface area contributed by atoms with Crippen LogP contribution in [0.2, 0.25) is 0 Å². The van der Waals surface area contributed by atoms with Crippen molar-refractivity contribution >= 4 is 49.6 Å². The highest BCUT2D eigenvalue weighted by atomic mass is 32.1. The summed E-state index contributed by atoms with van der Waals surface area (Å²) in [5.74, 6) is -0.188. The van der Waals surface area contributed by atoms with Crippen LogP contribution in [0.25, 0.3) is 10.2 Å². The van der Waals surface area contributed by atoms with Crippen LogP contribution in [-0.4, -0.2) is 23.1 Å². The summed E-state index contributed by atoms with van der Waals surface area (Å²) in [6.07, 6.45) is 0.770. The molecule has 0 bridgehead atoms. The number of carbonyl (C=O) groups is 1. The van der Waals surface area contributed by atoms with Crippen molar-refractivity contribution in [1.82, 2.24) is 10.4 Å². The van der Waals surface area contributed by atoms with E-state index in [1.165, 1.54) is 11.3 Å². The summed E-state index contributed by atoms with van der Waals surface area (Å²) in [4.78, 5) is 17.4. The topological polar surface area (TPSA) is 66.4 Å². The summed E-state index contributed by atoms with van der Waals surface area (Å²) in [6.45, 7) is 2.16. The fraction of sp³-hybridized carbons (Fsp3) is 0.188. The maximum atomic E-state index is 11.9. The minimum Gasteiger partial charge on any atom is -0.352 e. The monoisotopic (exact) mass is 344 g/mol. The van der Waals surface area contributed by atoms with Crippen LogP contribution in [-0.2, 0) is 4.79 Å². The van der Waals surface area contributed by atoms with Gasteiger partial charge >= 0.3 is 0 Å². The van der Waals surface area contributed by atoms with Gasteiger partial charge in [-0.3, -0.25) is 4.79 Å². The van der Waals surface area contributed by atoms with E-state index in [0.717, 1.165) is 32.4 Å². The van der Waals surface area contributed by atoms with Crippen LogP contribution < -0.4 is 10.7 Å². The average molecular weight is 344 g/mol. The molecule has 0 saturated heterocycles. The second-order valence-corrected chi connectivity index (χ2v) is 6.74. The minimum atomic E-state index is -0.188. The fourth-order valence-electron chi connectivity index (χ4n) is 2.02. The quantitative estimate of drug-likeness (QED) is 0.529. The number of nitrogens with zero attached hydrogens (tertiary/aromatic N) is 2. The van der Waals surface area contributed by atoms with Crippen LogP contribution >= 0.6 is 22.7 Å². The van der Waals surface area contributed by atoms with Gasteiger partial charge < -0.3 is 5.32 Å². The second-order valence-electron chi connectivity index (χ2n) is 4.76. The molecule has 5 nitrogen and oxygen atoms in total. The van der Waals surface area contributed by atoms with Gasteiger partial charge in [-0.25, -0.2) is 10.4 Å². The summed E-state index contributed by atoms with van der Waals surface area (Å²) in [5, 5.41) is 9.98. The first kappa shape index (κ1) is 15.6. The molecule has 0 radical (unpaired) electrons. The molecule has 0 aliphatic rings. The van der Waals surface area contributed by atoms with Crippen molar-refractivity contribution in [2.24, 2.45) is 5.10 Å². The lowest BCUT2D eigenvalue weighted by molar-refractivity contribution is -0.119. The zero-order chi connectivity index (χ0) is 16.1. The summed E-state index contributed by atoms with van der Waals surface area (Å²) < 4.78 is 1.10. The minimum absolute atomic E-state index is 0.144. The molecule has 0 aliphatic carbocycles. The SMILES string of the molecule is CC/C(=N/NC(=O)CNc1nc2ccccc2s1)c1cccs1. The Balaban J connectivity index is 1.57. The van der Waals surface area contributed by atoms with Gasteiger partial charge in [-0.2, -0.15) is 5.10 Å². The number of nitrogens with one attached hydrogen (secondary N) is 2. The first-order valence-corrected chi connectivity index (χ1v) is 8.94. The third-order valence-electron chi connectivity index (χ3n) is 3.15. The number of benzene rings is 1. The molecule has 3 rings (SSSR count). The highest BCUT2D eigenvalue weighted by molar-refractivity contribution is 7.22. The van der Waals surface area contributed by atoms with Gasteiger partial charge in [-0.15, -0.1) is 11.3 Å². The maximum absolute atomic E-state index is 11.9. The highest BCUT2D eigenvalue weighted by Gasteiger charge is 2.06. The van der Waals surface area contributed by atoms with Crippen LogP contribution in [0.4, 0.5) is 5.13 Å². The number of rotatable bonds is 6. The molecular formula is C16H16N4OS2. The van der Waals surface area contributed by atoms with Crippen molar-refractivity contribution in [3.63, 3.8) is 0 Å². The Morgan fingerprint density at radius 2 is 2.13 bits per heavy atom. The van der Waals surface area contributed by atoms with E-state index in [2.05, 4.69) is 20.8 Å². The molecular weight excluding hydrogens is 328 g/mol. The zero-order valence-electron chi connectivity index (χ0n) is 12.6. The molecule has 0 aliphatic heterocycles. The van der Waals surface area contributed by atoms with Crippen molar-refractivity contribution in [1.29, 1.82) is 0 Å². The predicted molar refractivity (Wildman–Crippen MR) is 97.4 cm³/mol. The highest BCUT2D eigenvalue weighted by Crippen LogP contribution is 2.24. The molecule has 0 saturated carbocycles. The first-order valence-electron chi connectivity index (χ1n) is 7.25. The van der Waals surface area contributed by atoms with Crippen LogP contribution in [0.15, 0.2) is 46.9 Å². The molecule has 23 heavy (non-hydrogen) atoms. The molecule has 0 fully saturated rings. The van der Waals surface area contributed by atoms with Gasteiger partial charge in [0, 0.05) is 0 Å². The number of thiophene rings is 1. The van der Waals surface area contributed by atoms with E-state index < -0.39 is 0 Å². The van der Waals surface area contributed by atoms with Crippen LogP contribution in [0.5, 0.6) is 0 Å². The Labute approximate surface area is 142 Å². The average Bonchev–Trinajstić information content (AvgIpc) is 3.22. The Morgan fingerprint density at radius 1 is 1.26 bits per heavy atom. The number of thiazole rings is 1. The lowest BCUT2D eigenvalue weighted by atomic mass is 10.2. The van der Waals surface area contributed by atoms with Crippen LogP contribution in [0, 0.1) is 0 Å². The number of anilines is 1. The third kappa shape index (κ3) is 3.94. The van der Waals surface area contributed by atoms with Crippen molar-refractivity contribution in [2.45, 2.75) is 13.3 Å². The number of hydrogen-bond donors (Lipinski definition) is 2. The Morgan fingerprint density at radius 3 is 2.87 bits per heavy atom. The second kappa shape index (κ2) is 7.34. The van der Waals surface area contributed by atoms with Gasteiger partial charge in [0.25, 0.3) is 5.91 Å². The van der Waals surface area contributed by atoms with Gasteiger partial charge in [0.05, 0.1) is 27.4 Å². The fourth-order valence-corrected chi connectivity index (χ4v) is 3.67. The smallest absolute Gasteiger partial charge is 0.259 e. The molecule has 0 atom stereocenters. The van der Waals surface area contributed by atoms with Crippen molar-refractivity contribution < 1.29 is 4.79 Å². The van der Waals surface area contributed by atoms with E-state index in [1.54, 1.807) is 11.3 Å². The number of carbonyl (C=O) groups excluding carboxylic acids is 1. The van der Waals surface area contributed by atoms with E-state index >= 15 is 0 Å². The number of amides is 1. The normalized spacial score (nSPS) is 11.6. The van der Waals surface area contributed by atoms with E-state index in [9.17, 15) is 4.79 Å². The van der Waals surface area contributed by atoms with Gasteiger partial charge in [0.1, 0.15) is 0 Å². The Bertz CT molecular complexity index is 791. The number of hydrazone groups is 1. The standard InChI is InChI=1S/C16H16N4OS2/c1-2-11(13-8-5-9-22-13)19-20-15(21)10-17-16-18-12-6-3-4-7-14(12)23-16/h3-9H,2,10H2,1H3,(H,17,18)(H,20,21)/b19-11-. The number of fused-ring (bicyclic) bond motifs is 1. The Hall–Kier alpha value is -2.25. The molecule has 1 amide bonds. The van der Waals surface area contributed by atoms with Gasteiger partial charge in [0.15, 0.2) is 5.13 Å². The Kier molecular flexibility index (Phi) is 4.99. The molecule has 0 unspecified atom stereocenters. The maximum Gasteiger partial charge on any atom is 0.259 e. The molecule has 7 heteroatoms. The van der Waals surface area contributed by atoms with E-state index in [-0.39, 0.29) is 12.5 Å². The number of para-hydroxylation sites is 1. The molecule has 2 N–H and O–H groups in total. The predicted octanol–water partition coefficient (Wildman–Crippen LogP) is 3.70. The molecule has 118 valence electrons. The van der Waals surface area contributed by atoms with Gasteiger partial charge in [-0.05, 0) is 30.0 Å². The molecule has 2 heterocycles. The first-order chi connectivity index (χ1) is 11.3. The van der Waals surface area contributed by atoms with E-state index in [4.69, 9.17) is 0 Å². The summed E-state index contributed by atoms with van der Waals surface area (Å²) in [5.41, 5.74) is 4.41. The van der Waals surface area contributed by atoms with Crippen LogP contribution in [0.3, 0.4) is 0 Å². The third-order valence-corrected chi connectivity index (χ3v) is 5.06. The van der Waals surface area contributed by atoms with Gasteiger partial charge in [-0.1, -0.05) is 36.5 Å². The van der Waals surface area contributed by atoms with Crippen molar-refractivity contribution in [3.8, 4) is 0 Å². The molecule has 2 aromatic heterocycles. The van der Waals surface area contributed by atoms with E-state index in [1.807, 2.05) is 48.7 Å². The summed E-state index contributed by atoms with van der Waals surface area (Å²) in [7, 11) is 0. The summed E-state index contributed by atoms with van der Waals surface area (Å²) in [6, 6.07) is 11.9. The molecule has 0 spiro atoms. The largest absolute Gasteiger partial charge is 0.352 e. The van der Waals surface area contributed by atoms with Crippen LogP contribution in [0.1, 0.15) is 18.2 Å². The van der Waals surface area contributed by atoms with Crippen molar-refractivity contribution in [2.75, 3.05) is 11.9 Å². The molecule has 1 aromatic carbocycles.